The normalized spacial score (nSPS) is 10.9. The lowest BCUT2D eigenvalue weighted by Gasteiger charge is -2.01. The molecule has 0 aliphatic heterocycles. The van der Waals surface area contributed by atoms with Crippen LogP contribution >= 0.6 is 0 Å². The Morgan fingerprint density at radius 2 is 2.00 bits per heavy atom. The third-order valence-electron chi connectivity index (χ3n) is 2.65. The smallest absolute Gasteiger partial charge is 0.408 e. The van der Waals surface area contributed by atoms with Crippen LogP contribution in [-0.2, 0) is 0 Å². The molecule has 0 spiro atoms. The summed E-state index contributed by atoms with van der Waals surface area (Å²) >= 11 is 0. The van der Waals surface area contributed by atoms with Gasteiger partial charge in [-0.2, -0.15) is 0 Å². The Morgan fingerprint density at radius 3 is 2.82 bits per heavy atom. The van der Waals surface area contributed by atoms with Crippen LogP contribution < -0.4 is 5.76 Å². The minimum absolute atomic E-state index is 0.428. The highest BCUT2D eigenvalue weighted by molar-refractivity contribution is 5.79. The summed E-state index contributed by atoms with van der Waals surface area (Å²) in [6.07, 6.45) is 1.77. The summed E-state index contributed by atoms with van der Waals surface area (Å²) in [6, 6.07) is 9.55. The standard InChI is InChI=1S/C13H10N2O2/c1-8-6-10(4-5-14-8)9-2-3-12-11(7-9)15-13(16)17-12/h2-7H,1H3,(H,15,16). The Bertz CT molecular complexity index is 740. The lowest BCUT2D eigenvalue weighted by Crippen LogP contribution is -1.92. The van der Waals surface area contributed by atoms with Gasteiger partial charge in [0.25, 0.3) is 0 Å². The Morgan fingerprint density at radius 1 is 1.18 bits per heavy atom. The quantitative estimate of drug-likeness (QED) is 0.693. The average molecular weight is 226 g/mol. The second-order valence-electron chi connectivity index (χ2n) is 3.91. The van der Waals surface area contributed by atoms with Crippen molar-refractivity contribution in [1.82, 2.24) is 9.97 Å². The van der Waals surface area contributed by atoms with Gasteiger partial charge in [-0.1, -0.05) is 6.07 Å². The van der Waals surface area contributed by atoms with Crippen molar-refractivity contribution in [3.8, 4) is 11.1 Å². The molecule has 0 bridgehead atoms. The molecular formula is C13H10N2O2. The number of fused-ring (bicyclic) bond motifs is 1. The van der Waals surface area contributed by atoms with Crippen LogP contribution in [0.2, 0.25) is 0 Å². The SMILES string of the molecule is Cc1cc(-c2ccc3oc(=O)[nH]c3c2)ccn1. The number of hydrogen-bond donors (Lipinski definition) is 1. The lowest BCUT2D eigenvalue weighted by atomic mass is 10.1. The minimum Gasteiger partial charge on any atom is -0.408 e. The maximum Gasteiger partial charge on any atom is 0.417 e. The number of pyridine rings is 1. The predicted octanol–water partition coefficient (Wildman–Crippen LogP) is 2.49. The Kier molecular flexibility index (Phi) is 2.08. The van der Waals surface area contributed by atoms with Crippen molar-refractivity contribution < 1.29 is 4.42 Å². The number of nitrogens with one attached hydrogen (secondary N) is 1. The van der Waals surface area contributed by atoms with Crippen molar-refractivity contribution in [3.63, 3.8) is 0 Å². The fraction of sp³-hybridized carbons (Fsp3) is 0.0769. The first kappa shape index (κ1) is 9.84. The van der Waals surface area contributed by atoms with Gasteiger partial charge in [-0.05, 0) is 42.3 Å². The molecule has 4 heteroatoms. The molecule has 84 valence electrons. The molecule has 0 fully saturated rings. The molecular weight excluding hydrogens is 216 g/mol. The first-order valence-corrected chi connectivity index (χ1v) is 5.28. The van der Waals surface area contributed by atoms with Crippen LogP contribution in [0.15, 0.2) is 45.7 Å². The second kappa shape index (κ2) is 3.59. The van der Waals surface area contributed by atoms with Gasteiger partial charge in [0.1, 0.15) is 0 Å². The molecule has 0 radical (unpaired) electrons. The van der Waals surface area contributed by atoms with Crippen LogP contribution in [0.25, 0.3) is 22.2 Å². The molecule has 4 nitrogen and oxygen atoms in total. The van der Waals surface area contributed by atoms with E-state index in [2.05, 4.69) is 9.97 Å². The van der Waals surface area contributed by atoms with E-state index >= 15 is 0 Å². The first-order valence-electron chi connectivity index (χ1n) is 5.28. The number of nitrogens with zero attached hydrogens (tertiary/aromatic N) is 1. The van der Waals surface area contributed by atoms with Crippen molar-refractivity contribution in [2.75, 3.05) is 0 Å². The van der Waals surface area contributed by atoms with E-state index in [-0.39, 0.29) is 0 Å². The molecule has 2 heterocycles. The number of aromatic amines is 1. The minimum atomic E-state index is -0.428. The van der Waals surface area contributed by atoms with Crippen molar-refractivity contribution in [1.29, 1.82) is 0 Å². The van der Waals surface area contributed by atoms with Gasteiger partial charge >= 0.3 is 5.76 Å². The maximum atomic E-state index is 11.1. The van der Waals surface area contributed by atoms with E-state index in [1.165, 1.54) is 0 Å². The molecule has 1 N–H and O–H groups in total. The summed E-state index contributed by atoms with van der Waals surface area (Å²) in [5.74, 6) is -0.428. The topological polar surface area (TPSA) is 58.9 Å². The second-order valence-corrected chi connectivity index (χ2v) is 3.91. The van der Waals surface area contributed by atoms with Gasteiger partial charge in [-0.3, -0.25) is 9.97 Å². The summed E-state index contributed by atoms with van der Waals surface area (Å²) in [5, 5.41) is 0. The van der Waals surface area contributed by atoms with Gasteiger partial charge < -0.3 is 4.42 Å². The number of H-pyrrole nitrogens is 1. The summed E-state index contributed by atoms with van der Waals surface area (Å²) in [5.41, 5.74) is 4.34. The molecule has 17 heavy (non-hydrogen) atoms. The van der Waals surface area contributed by atoms with E-state index < -0.39 is 5.76 Å². The van der Waals surface area contributed by atoms with E-state index in [0.717, 1.165) is 16.8 Å². The third-order valence-corrected chi connectivity index (χ3v) is 2.65. The highest BCUT2D eigenvalue weighted by Crippen LogP contribution is 2.22. The number of benzene rings is 1. The van der Waals surface area contributed by atoms with Crippen LogP contribution in [0, 0.1) is 6.92 Å². The van der Waals surface area contributed by atoms with E-state index in [9.17, 15) is 4.79 Å². The first-order chi connectivity index (χ1) is 8.22. The summed E-state index contributed by atoms with van der Waals surface area (Å²) in [6.45, 7) is 1.95. The van der Waals surface area contributed by atoms with Crippen LogP contribution in [0.4, 0.5) is 0 Å². The molecule has 0 aliphatic rings. The summed E-state index contributed by atoms with van der Waals surface area (Å²) < 4.78 is 4.96. The fourth-order valence-electron chi connectivity index (χ4n) is 1.86. The van der Waals surface area contributed by atoms with E-state index in [4.69, 9.17) is 4.42 Å². The number of oxazole rings is 1. The van der Waals surface area contributed by atoms with Crippen molar-refractivity contribution in [2.45, 2.75) is 6.92 Å². The Hall–Kier alpha value is -2.36. The van der Waals surface area contributed by atoms with Crippen LogP contribution in [0.1, 0.15) is 5.69 Å². The van der Waals surface area contributed by atoms with Crippen molar-refractivity contribution >= 4 is 11.1 Å². The molecule has 1 aromatic carbocycles. The fourth-order valence-corrected chi connectivity index (χ4v) is 1.86. The largest absolute Gasteiger partial charge is 0.417 e. The van der Waals surface area contributed by atoms with Crippen LogP contribution in [0.3, 0.4) is 0 Å². The van der Waals surface area contributed by atoms with Gasteiger partial charge in [0, 0.05) is 11.9 Å². The molecule has 0 atom stereocenters. The van der Waals surface area contributed by atoms with E-state index in [1.54, 1.807) is 12.3 Å². The van der Waals surface area contributed by atoms with Gasteiger partial charge in [-0.15, -0.1) is 0 Å². The molecule has 3 rings (SSSR count). The molecule has 0 aliphatic carbocycles. The number of rotatable bonds is 1. The van der Waals surface area contributed by atoms with Crippen molar-refractivity contribution in [3.05, 3.63) is 52.8 Å². The maximum absolute atomic E-state index is 11.1. The summed E-state index contributed by atoms with van der Waals surface area (Å²) in [7, 11) is 0. The molecule has 3 aromatic rings. The molecule has 0 unspecified atom stereocenters. The number of aryl methyl sites for hydroxylation is 1. The molecule has 0 saturated carbocycles. The number of hydrogen-bond acceptors (Lipinski definition) is 3. The van der Waals surface area contributed by atoms with Crippen LogP contribution in [-0.4, -0.2) is 9.97 Å². The Labute approximate surface area is 96.9 Å². The monoisotopic (exact) mass is 226 g/mol. The van der Waals surface area contributed by atoms with Gasteiger partial charge in [0.2, 0.25) is 0 Å². The van der Waals surface area contributed by atoms with E-state index in [0.29, 0.717) is 11.1 Å². The number of aromatic nitrogens is 2. The Balaban J connectivity index is 2.20. The van der Waals surface area contributed by atoms with Crippen molar-refractivity contribution in [2.24, 2.45) is 0 Å². The van der Waals surface area contributed by atoms with Gasteiger partial charge in [-0.25, -0.2) is 4.79 Å². The molecule has 0 saturated heterocycles. The third kappa shape index (κ3) is 1.73. The zero-order chi connectivity index (χ0) is 11.8. The van der Waals surface area contributed by atoms with Gasteiger partial charge in [0.15, 0.2) is 5.58 Å². The zero-order valence-electron chi connectivity index (χ0n) is 9.23. The van der Waals surface area contributed by atoms with Gasteiger partial charge in [0.05, 0.1) is 5.52 Å². The average Bonchev–Trinajstić information content (AvgIpc) is 2.68. The highest BCUT2D eigenvalue weighted by atomic mass is 16.4. The summed E-state index contributed by atoms with van der Waals surface area (Å²) in [4.78, 5) is 17.9. The highest BCUT2D eigenvalue weighted by Gasteiger charge is 2.04. The zero-order valence-corrected chi connectivity index (χ0v) is 9.23. The van der Waals surface area contributed by atoms with E-state index in [1.807, 2.05) is 31.2 Å². The van der Waals surface area contributed by atoms with Crippen LogP contribution in [0.5, 0.6) is 0 Å². The molecule has 2 aromatic heterocycles. The lowest BCUT2D eigenvalue weighted by molar-refractivity contribution is 0.555. The predicted molar refractivity (Wildman–Crippen MR) is 64.8 cm³/mol. The molecule has 0 amide bonds.